The van der Waals surface area contributed by atoms with E-state index in [1.165, 1.54) is 0 Å². The molecule has 3 aromatic carbocycles. The molecule has 1 fully saturated rings. The zero-order chi connectivity index (χ0) is 20.4. The summed E-state index contributed by atoms with van der Waals surface area (Å²) < 4.78 is 17.9. The second-order valence-electron chi connectivity index (χ2n) is 7.09. The van der Waals surface area contributed by atoms with E-state index in [1.54, 1.807) is 0 Å². The van der Waals surface area contributed by atoms with Crippen molar-refractivity contribution in [2.75, 3.05) is 13.2 Å². The van der Waals surface area contributed by atoms with Crippen LogP contribution in [0.2, 0.25) is 0 Å². The van der Waals surface area contributed by atoms with Crippen molar-refractivity contribution in [1.82, 2.24) is 0 Å². The van der Waals surface area contributed by atoms with Crippen LogP contribution in [0, 0.1) is 0 Å². The maximum atomic E-state index is 6.02. The van der Waals surface area contributed by atoms with Gasteiger partial charge in [-0.25, -0.2) is 0 Å². The highest BCUT2D eigenvalue weighted by Gasteiger charge is 2.47. The Morgan fingerprint density at radius 3 is 1.63 bits per heavy atom. The van der Waals surface area contributed by atoms with Crippen LogP contribution in [0.15, 0.2) is 103 Å². The molecule has 0 N–H and O–H groups in total. The molecule has 3 aromatic rings. The molecule has 3 nitrogen and oxygen atoms in total. The summed E-state index contributed by atoms with van der Waals surface area (Å²) in [5, 5.41) is 0. The van der Waals surface area contributed by atoms with Crippen LogP contribution in [0.1, 0.15) is 22.8 Å². The first-order chi connectivity index (χ1) is 14.9. The molecule has 152 valence electrons. The van der Waals surface area contributed by atoms with Crippen molar-refractivity contribution >= 4 is 12.2 Å². The molecule has 2 unspecified atom stereocenters. The van der Waals surface area contributed by atoms with Crippen LogP contribution >= 0.6 is 0 Å². The van der Waals surface area contributed by atoms with Crippen molar-refractivity contribution in [2.45, 2.75) is 18.5 Å². The molecule has 0 saturated carbocycles. The monoisotopic (exact) mass is 398 g/mol. The summed E-state index contributed by atoms with van der Waals surface area (Å²) in [6.45, 7) is 0.923. The van der Waals surface area contributed by atoms with Crippen LogP contribution in [0.4, 0.5) is 0 Å². The van der Waals surface area contributed by atoms with Gasteiger partial charge in [0.25, 0.3) is 0 Å². The first-order valence-corrected chi connectivity index (χ1v) is 10.3. The third kappa shape index (κ3) is 6.01. The first-order valence-electron chi connectivity index (χ1n) is 10.3. The first kappa shape index (κ1) is 20.3. The Morgan fingerprint density at radius 1 is 0.667 bits per heavy atom. The number of hydrogen-bond acceptors (Lipinski definition) is 3. The fourth-order valence-electron chi connectivity index (χ4n) is 3.28. The van der Waals surface area contributed by atoms with Crippen molar-refractivity contribution in [3.8, 4) is 0 Å². The maximum absolute atomic E-state index is 6.02. The molecule has 0 radical (unpaired) electrons. The lowest BCUT2D eigenvalue weighted by molar-refractivity contribution is -0.138. The molecule has 0 aromatic heterocycles. The van der Waals surface area contributed by atoms with Crippen LogP contribution in [-0.4, -0.2) is 25.6 Å². The third-order valence-electron chi connectivity index (χ3n) is 4.86. The lowest BCUT2D eigenvalue weighted by atomic mass is 10.1. The highest BCUT2D eigenvalue weighted by atomic mass is 16.7. The minimum atomic E-state index is -0.420. The van der Waals surface area contributed by atoms with Gasteiger partial charge in [-0.1, -0.05) is 115 Å². The van der Waals surface area contributed by atoms with E-state index in [-0.39, 0.29) is 12.2 Å². The number of rotatable bonds is 10. The molecule has 30 heavy (non-hydrogen) atoms. The molecule has 4 rings (SSSR count). The smallest absolute Gasteiger partial charge is 0.187 e. The van der Waals surface area contributed by atoms with Gasteiger partial charge in [0.05, 0.1) is 13.2 Å². The van der Waals surface area contributed by atoms with Gasteiger partial charge >= 0.3 is 0 Å². The fourth-order valence-corrected chi connectivity index (χ4v) is 3.28. The van der Waals surface area contributed by atoms with E-state index in [9.17, 15) is 0 Å². The zero-order valence-electron chi connectivity index (χ0n) is 16.8. The highest BCUT2D eigenvalue weighted by molar-refractivity contribution is 5.49. The number of epoxide rings is 1. The predicted molar refractivity (Wildman–Crippen MR) is 121 cm³/mol. The normalized spacial score (nSPS) is 18.4. The fraction of sp³-hybridized carbons (Fsp3) is 0.185. The Morgan fingerprint density at radius 2 is 1.13 bits per heavy atom. The van der Waals surface area contributed by atoms with Crippen LogP contribution in [0.25, 0.3) is 12.2 Å². The summed E-state index contributed by atoms with van der Waals surface area (Å²) in [5.41, 5.74) is 3.45. The van der Waals surface area contributed by atoms with Crippen molar-refractivity contribution in [1.29, 1.82) is 0 Å². The minimum absolute atomic E-state index is 0.0207. The molecule has 0 spiro atoms. The maximum Gasteiger partial charge on any atom is 0.187 e. The topological polar surface area (TPSA) is 31.0 Å². The van der Waals surface area contributed by atoms with Crippen molar-refractivity contribution in [2.24, 2.45) is 0 Å². The SMILES string of the molecule is C(=C\c1ccccc1)/COC(OC/C=C/c1ccccc1)C1OC1c1ccccc1. The summed E-state index contributed by atoms with van der Waals surface area (Å²) in [7, 11) is 0. The Balaban J connectivity index is 1.33. The predicted octanol–water partition coefficient (Wildman–Crippen LogP) is 5.91. The second kappa shape index (κ2) is 10.7. The van der Waals surface area contributed by atoms with Crippen LogP contribution in [0.3, 0.4) is 0 Å². The van der Waals surface area contributed by atoms with Crippen molar-refractivity contribution in [3.05, 3.63) is 120 Å². The largest absolute Gasteiger partial charge is 0.359 e. The second-order valence-corrected chi connectivity index (χ2v) is 7.09. The Hall–Kier alpha value is -2.98. The number of benzene rings is 3. The number of hydrogen-bond donors (Lipinski definition) is 0. The average Bonchev–Trinajstić information content (AvgIpc) is 3.61. The lowest BCUT2D eigenvalue weighted by Crippen LogP contribution is -2.24. The van der Waals surface area contributed by atoms with Gasteiger partial charge in [-0.15, -0.1) is 0 Å². The van der Waals surface area contributed by atoms with E-state index in [2.05, 4.69) is 48.6 Å². The van der Waals surface area contributed by atoms with Gasteiger partial charge in [0.1, 0.15) is 12.2 Å². The van der Waals surface area contributed by atoms with Gasteiger partial charge in [0.2, 0.25) is 0 Å². The van der Waals surface area contributed by atoms with E-state index >= 15 is 0 Å². The van der Waals surface area contributed by atoms with Gasteiger partial charge in [0, 0.05) is 0 Å². The summed E-state index contributed by atoms with van der Waals surface area (Å²) in [6, 6.07) is 30.6. The molecule has 0 bridgehead atoms. The third-order valence-corrected chi connectivity index (χ3v) is 4.86. The Kier molecular flexibility index (Phi) is 7.24. The molecule has 1 heterocycles. The summed E-state index contributed by atoms with van der Waals surface area (Å²) >= 11 is 0. The van der Waals surface area contributed by atoms with Crippen molar-refractivity contribution < 1.29 is 14.2 Å². The molecule has 2 atom stereocenters. The van der Waals surface area contributed by atoms with E-state index in [4.69, 9.17) is 14.2 Å². The zero-order valence-corrected chi connectivity index (χ0v) is 16.8. The van der Waals surface area contributed by atoms with Crippen LogP contribution < -0.4 is 0 Å². The molecule has 3 heteroatoms. The van der Waals surface area contributed by atoms with Gasteiger partial charge in [-0.3, -0.25) is 0 Å². The Labute approximate surface area is 178 Å². The Bertz CT molecular complexity index is 882. The van der Waals surface area contributed by atoms with Crippen LogP contribution in [-0.2, 0) is 14.2 Å². The van der Waals surface area contributed by atoms with Crippen LogP contribution in [0.5, 0.6) is 0 Å². The van der Waals surface area contributed by atoms with E-state index in [0.717, 1.165) is 16.7 Å². The molecule has 1 aliphatic heterocycles. The molecular weight excluding hydrogens is 372 g/mol. The molecular formula is C27H26O3. The quantitative estimate of drug-likeness (QED) is 0.314. The average molecular weight is 399 g/mol. The summed E-state index contributed by atoms with van der Waals surface area (Å²) in [4.78, 5) is 0. The van der Waals surface area contributed by atoms with E-state index in [1.807, 2.05) is 66.7 Å². The van der Waals surface area contributed by atoms with E-state index in [0.29, 0.717) is 13.2 Å². The molecule has 0 aliphatic carbocycles. The van der Waals surface area contributed by atoms with Gasteiger partial charge in [-0.2, -0.15) is 0 Å². The minimum Gasteiger partial charge on any atom is -0.359 e. The number of ether oxygens (including phenoxy) is 3. The van der Waals surface area contributed by atoms with E-state index < -0.39 is 6.29 Å². The summed E-state index contributed by atoms with van der Waals surface area (Å²) in [6.07, 6.45) is 7.62. The molecule has 1 saturated heterocycles. The highest BCUT2D eigenvalue weighted by Crippen LogP contribution is 2.42. The standard InChI is InChI=1S/C27H26O3/c1-4-12-22(13-5-1)16-10-20-28-27(26-25(30-26)24-18-8-3-9-19-24)29-21-11-17-23-14-6-2-7-15-23/h1-19,25-27H,20-21H2/b16-10+,17-11+. The molecule has 0 amide bonds. The van der Waals surface area contributed by atoms with Gasteiger partial charge in [-0.05, 0) is 16.7 Å². The van der Waals surface area contributed by atoms with Gasteiger partial charge < -0.3 is 14.2 Å². The summed E-state index contributed by atoms with van der Waals surface area (Å²) in [5.74, 6) is 0. The van der Waals surface area contributed by atoms with Gasteiger partial charge in [0.15, 0.2) is 6.29 Å². The van der Waals surface area contributed by atoms with Crippen molar-refractivity contribution in [3.63, 3.8) is 0 Å². The lowest BCUT2D eigenvalue weighted by Gasteiger charge is -2.15. The molecule has 1 aliphatic rings.